The fourth-order valence-corrected chi connectivity index (χ4v) is 1.70. The van der Waals surface area contributed by atoms with Crippen molar-refractivity contribution in [2.75, 3.05) is 0 Å². The van der Waals surface area contributed by atoms with E-state index in [2.05, 4.69) is 0 Å². The average Bonchev–Trinajstić information content (AvgIpc) is 2.55. The average molecular weight is 396 g/mol. The molecule has 2 aromatic rings. The van der Waals surface area contributed by atoms with Crippen LogP contribution in [0.25, 0.3) is 0 Å². The molecule has 124 valence electrons. The molecular formula is C16H10O8Zn. The zero-order valence-corrected chi connectivity index (χ0v) is 15.6. The topological polar surface area (TPSA) is 155 Å². The standard InChI is InChI=1S/2C8H6O4.Zn/c2*9-7(10)5-3-1-2-4-6(5)8(11)12;/h2*1-4H,(H,9,10)(H,11,12);/q;;+2/p-2. The van der Waals surface area contributed by atoms with Gasteiger partial charge in [-0.2, -0.15) is 0 Å². The fraction of sp³-hybridized carbons (Fsp3) is 0. The summed E-state index contributed by atoms with van der Waals surface area (Å²) >= 11 is 0. The van der Waals surface area contributed by atoms with Crippen LogP contribution < -0.4 is 10.2 Å². The first-order chi connectivity index (χ1) is 11.3. The van der Waals surface area contributed by atoms with E-state index in [0.717, 1.165) is 0 Å². The monoisotopic (exact) mass is 394 g/mol. The van der Waals surface area contributed by atoms with E-state index in [1.807, 2.05) is 0 Å². The Hall–Kier alpha value is -3.06. The van der Waals surface area contributed by atoms with Crippen molar-refractivity contribution in [1.29, 1.82) is 0 Å². The van der Waals surface area contributed by atoms with Gasteiger partial charge in [-0.15, -0.1) is 0 Å². The van der Waals surface area contributed by atoms with Crippen LogP contribution in [0.3, 0.4) is 0 Å². The maximum Gasteiger partial charge on any atom is 2.00 e. The van der Waals surface area contributed by atoms with Crippen LogP contribution in [0.15, 0.2) is 48.5 Å². The molecule has 0 aromatic heterocycles. The van der Waals surface area contributed by atoms with Gasteiger partial charge in [0.1, 0.15) is 0 Å². The van der Waals surface area contributed by atoms with Gasteiger partial charge in [0.2, 0.25) is 0 Å². The zero-order chi connectivity index (χ0) is 18.3. The second kappa shape index (κ2) is 9.94. The molecule has 2 rings (SSSR count). The SMILES string of the molecule is O=C([O-])c1ccccc1C(=O)O.O=C([O-])c1ccccc1C(=O)O.[Zn+2]. The molecular weight excluding hydrogens is 386 g/mol. The van der Waals surface area contributed by atoms with Crippen LogP contribution in [-0.2, 0) is 19.5 Å². The van der Waals surface area contributed by atoms with Crippen molar-refractivity contribution in [2.45, 2.75) is 0 Å². The Bertz CT molecular complexity index is 667. The van der Waals surface area contributed by atoms with Crippen molar-refractivity contribution in [3.05, 3.63) is 70.8 Å². The Balaban J connectivity index is 0.000000443. The van der Waals surface area contributed by atoms with E-state index in [9.17, 15) is 29.4 Å². The molecule has 0 aliphatic rings. The van der Waals surface area contributed by atoms with Crippen LogP contribution in [0.1, 0.15) is 41.4 Å². The number of benzene rings is 2. The molecule has 0 heterocycles. The minimum atomic E-state index is -1.48. The summed E-state index contributed by atoms with van der Waals surface area (Å²) in [6.07, 6.45) is 0. The molecule has 0 amide bonds. The molecule has 9 heteroatoms. The minimum Gasteiger partial charge on any atom is -0.545 e. The molecule has 0 unspecified atom stereocenters. The van der Waals surface area contributed by atoms with Crippen molar-refractivity contribution < 1.29 is 59.1 Å². The first-order valence-corrected chi connectivity index (χ1v) is 6.33. The third-order valence-electron chi connectivity index (χ3n) is 2.75. The molecule has 0 spiro atoms. The summed E-state index contributed by atoms with van der Waals surface area (Å²) in [6, 6.07) is 10.6. The van der Waals surface area contributed by atoms with Crippen LogP contribution in [0.5, 0.6) is 0 Å². The van der Waals surface area contributed by atoms with Gasteiger partial charge < -0.3 is 30.0 Å². The Morgan fingerprint density at radius 2 is 0.840 bits per heavy atom. The first kappa shape index (κ1) is 21.9. The van der Waals surface area contributed by atoms with Crippen molar-refractivity contribution in [1.82, 2.24) is 0 Å². The molecule has 0 atom stereocenters. The molecule has 0 aliphatic heterocycles. The third kappa shape index (κ3) is 6.16. The maximum absolute atomic E-state index is 10.4. The molecule has 0 fully saturated rings. The number of hydrogen-bond acceptors (Lipinski definition) is 6. The van der Waals surface area contributed by atoms with Gasteiger partial charge in [-0.1, -0.05) is 36.4 Å². The normalized spacial score (nSPS) is 8.96. The molecule has 0 saturated carbocycles. The van der Waals surface area contributed by atoms with Crippen LogP contribution in [0.2, 0.25) is 0 Å². The van der Waals surface area contributed by atoms with Crippen molar-refractivity contribution in [2.24, 2.45) is 0 Å². The van der Waals surface area contributed by atoms with E-state index in [-0.39, 0.29) is 41.7 Å². The molecule has 0 radical (unpaired) electrons. The summed E-state index contributed by atoms with van der Waals surface area (Å²) in [7, 11) is 0. The van der Waals surface area contributed by atoms with Crippen molar-refractivity contribution in [3.63, 3.8) is 0 Å². The van der Waals surface area contributed by atoms with Crippen molar-refractivity contribution >= 4 is 23.9 Å². The summed E-state index contributed by atoms with van der Waals surface area (Å²) in [4.78, 5) is 41.6. The number of carboxylic acid groups (broad SMARTS) is 4. The van der Waals surface area contributed by atoms with E-state index >= 15 is 0 Å². The van der Waals surface area contributed by atoms with Crippen LogP contribution >= 0.6 is 0 Å². The third-order valence-corrected chi connectivity index (χ3v) is 2.75. The van der Waals surface area contributed by atoms with E-state index in [4.69, 9.17) is 10.2 Å². The number of carboxylic acids is 4. The van der Waals surface area contributed by atoms with E-state index in [0.29, 0.717) is 0 Å². The molecule has 0 bridgehead atoms. The van der Waals surface area contributed by atoms with Crippen molar-refractivity contribution in [3.8, 4) is 0 Å². The zero-order valence-electron chi connectivity index (χ0n) is 12.7. The van der Waals surface area contributed by atoms with Gasteiger partial charge in [0.25, 0.3) is 0 Å². The number of rotatable bonds is 4. The second-order valence-electron chi connectivity index (χ2n) is 4.28. The predicted molar refractivity (Wildman–Crippen MR) is 75.5 cm³/mol. The molecule has 25 heavy (non-hydrogen) atoms. The molecule has 0 aliphatic carbocycles. The Labute approximate surface area is 154 Å². The number of carbonyl (C=O) groups is 4. The van der Waals surface area contributed by atoms with Gasteiger partial charge in [-0.25, -0.2) is 9.59 Å². The number of hydrogen-bond donors (Lipinski definition) is 2. The number of aromatic carboxylic acids is 4. The summed E-state index contributed by atoms with van der Waals surface area (Å²) in [6.45, 7) is 0. The largest absolute Gasteiger partial charge is 2.00 e. The molecule has 0 saturated heterocycles. The smallest absolute Gasteiger partial charge is 0.545 e. The van der Waals surface area contributed by atoms with Crippen LogP contribution in [-0.4, -0.2) is 34.1 Å². The van der Waals surface area contributed by atoms with Crippen LogP contribution in [0, 0.1) is 0 Å². The summed E-state index contributed by atoms with van der Waals surface area (Å²) in [5, 5.41) is 37.8. The predicted octanol–water partition coefficient (Wildman–Crippen LogP) is -0.506. The van der Waals surface area contributed by atoms with E-state index in [1.165, 1.54) is 48.5 Å². The fourth-order valence-electron chi connectivity index (χ4n) is 1.70. The van der Waals surface area contributed by atoms with Gasteiger partial charge in [0, 0.05) is 11.1 Å². The molecule has 2 aromatic carbocycles. The van der Waals surface area contributed by atoms with Gasteiger partial charge in [0.15, 0.2) is 0 Å². The Morgan fingerprint density at radius 3 is 1.00 bits per heavy atom. The van der Waals surface area contributed by atoms with Crippen LogP contribution in [0.4, 0.5) is 0 Å². The summed E-state index contributed by atoms with van der Waals surface area (Å²) < 4.78 is 0. The van der Waals surface area contributed by atoms with E-state index in [1.54, 1.807) is 0 Å². The molecule has 8 nitrogen and oxygen atoms in total. The van der Waals surface area contributed by atoms with Gasteiger partial charge >= 0.3 is 31.4 Å². The van der Waals surface area contributed by atoms with Gasteiger partial charge in [0.05, 0.1) is 23.1 Å². The Kier molecular flexibility index (Phi) is 8.73. The van der Waals surface area contributed by atoms with E-state index < -0.39 is 23.9 Å². The van der Waals surface area contributed by atoms with Gasteiger partial charge in [-0.3, -0.25) is 0 Å². The summed E-state index contributed by atoms with van der Waals surface area (Å²) in [5.41, 5.74) is -1.11. The molecule has 2 N–H and O–H groups in total. The summed E-state index contributed by atoms with van der Waals surface area (Å²) in [5.74, 6) is -5.49. The number of carbonyl (C=O) groups excluding carboxylic acids is 2. The Morgan fingerprint density at radius 1 is 0.600 bits per heavy atom. The maximum atomic E-state index is 10.4. The minimum absolute atomic E-state index is 0. The van der Waals surface area contributed by atoms with Gasteiger partial charge in [-0.05, 0) is 12.1 Å². The second-order valence-corrected chi connectivity index (χ2v) is 4.28. The first-order valence-electron chi connectivity index (χ1n) is 6.33. The quantitative estimate of drug-likeness (QED) is 0.656.